The molecule has 0 saturated carbocycles. The van der Waals surface area contributed by atoms with Crippen LogP contribution < -0.4 is 4.72 Å². The fourth-order valence-corrected chi connectivity index (χ4v) is 2.68. The molecule has 1 aromatic rings. The van der Waals surface area contributed by atoms with Gasteiger partial charge < -0.3 is 9.47 Å². The van der Waals surface area contributed by atoms with Crippen molar-refractivity contribution in [1.82, 2.24) is 4.72 Å². The van der Waals surface area contributed by atoms with Crippen LogP contribution in [0.15, 0.2) is 29.2 Å². The monoisotopic (exact) mass is 315 g/mol. The number of Topliss-reactive ketones (excluding diaryl/α,β-unsaturated/α-hetero) is 1. The van der Waals surface area contributed by atoms with Crippen molar-refractivity contribution in [1.29, 1.82) is 0 Å². The Balaban J connectivity index is 2.74. The lowest BCUT2D eigenvalue weighted by molar-refractivity contribution is -0.130. The van der Waals surface area contributed by atoms with Crippen LogP contribution >= 0.6 is 0 Å². The number of sulfonamides is 1. The highest BCUT2D eigenvalue weighted by molar-refractivity contribution is 7.89. The second-order valence-electron chi connectivity index (χ2n) is 4.27. The number of nitrogens with one attached hydrogen (secondary N) is 1. The normalized spacial score (nSPS) is 11.8. The summed E-state index contributed by atoms with van der Waals surface area (Å²) in [5, 5.41) is 0. The molecule has 1 aromatic carbocycles. The van der Waals surface area contributed by atoms with Crippen molar-refractivity contribution in [2.24, 2.45) is 0 Å². The first-order valence-corrected chi connectivity index (χ1v) is 8.23. The quantitative estimate of drug-likeness (QED) is 0.552. The molecule has 0 atom stereocenters. The first-order chi connectivity index (χ1) is 9.90. The van der Waals surface area contributed by atoms with Gasteiger partial charge in [0.25, 0.3) is 0 Å². The van der Waals surface area contributed by atoms with Crippen LogP contribution in [0, 0.1) is 0 Å². The van der Waals surface area contributed by atoms with Crippen LogP contribution in [-0.4, -0.2) is 40.2 Å². The number of ketones is 1. The number of ether oxygens (including phenoxy) is 2. The molecule has 21 heavy (non-hydrogen) atoms. The molecule has 0 aromatic heterocycles. The van der Waals surface area contributed by atoms with Gasteiger partial charge >= 0.3 is 0 Å². The summed E-state index contributed by atoms with van der Waals surface area (Å²) in [4.78, 5) is 11.3. The molecule has 0 aliphatic carbocycles. The van der Waals surface area contributed by atoms with Crippen molar-refractivity contribution in [2.75, 3.05) is 19.8 Å². The van der Waals surface area contributed by atoms with E-state index >= 15 is 0 Å². The third-order valence-corrected chi connectivity index (χ3v) is 4.16. The Bertz CT molecular complexity index is 547. The Morgan fingerprint density at radius 2 is 1.67 bits per heavy atom. The zero-order valence-corrected chi connectivity index (χ0v) is 13.3. The van der Waals surface area contributed by atoms with Gasteiger partial charge in [-0.25, -0.2) is 13.1 Å². The van der Waals surface area contributed by atoms with E-state index in [1.165, 1.54) is 31.2 Å². The van der Waals surface area contributed by atoms with Crippen molar-refractivity contribution in [3.8, 4) is 0 Å². The van der Waals surface area contributed by atoms with Gasteiger partial charge in [0.15, 0.2) is 12.1 Å². The number of hydrogen-bond donors (Lipinski definition) is 1. The van der Waals surface area contributed by atoms with Gasteiger partial charge in [-0.2, -0.15) is 0 Å². The summed E-state index contributed by atoms with van der Waals surface area (Å²) in [6, 6.07) is 5.77. The minimum absolute atomic E-state index is 0.0263. The maximum atomic E-state index is 12.1. The van der Waals surface area contributed by atoms with Gasteiger partial charge in [0.2, 0.25) is 10.0 Å². The molecule has 0 fully saturated rings. The third-order valence-electron chi connectivity index (χ3n) is 2.72. The third kappa shape index (κ3) is 5.55. The van der Waals surface area contributed by atoms with E-state index in [1.54, 1.807) is 13.8 Å². The average molecular weight is 315 g/mol. The van der Waals surface area contributed by atoms with E-state index in [9.17, 15) is 13.2 Å². The Hall–Kier alpha value is -1.28. The van der Waals surface area contributed by atoms with Gasteiger partial charge in [-0.05, 0) is 32.9 Å². The summed E-state index contributed by atoms with van der Waals surface area (Å²) in [6.45, 7) is 5.93. The predicted molar refractivity (Wildman–Crippen MR) is 78.7 cm³/mol. The van der Waals surface area contributed by atoms with E-state index < -0.39 is 16.3 Å². The summed E-state index contributed by atoms with van der Waals surface area (Å²) in [5.74, 6) is -0.111. The number of carbonyl (C=O) groups excluding carboxylic acids is 1. The highest BCUT2D eigenvalue weighted by Gasteiger charge is 2.17. The Kier molecular flexibility index (Phi) is 6.97. The minimum Gasteiger partial charge on any atom is -0.352 e. The standard InChI is InChI=1S/C14H21NO5S/c1-4-19-14(20-5-2)10-15-21(17,18)13-8-6-12(7-9-13)11(3)16/h6-9,14-15H,4-5,10H2,1-3H3. The lowest BCUT2D eigenvalue weighted by Crippen LogP contribution is -2.35. The second kappa shape index (κ2) is 8.23. The number of hydrogen-bond acceptors (Lipinski definition) is 5. The van der Waals surface area contributed by atoms with E-state index in [-0.39, 0.29) is 17.2 Å². The molecule has 118 valence electrons. The molecule has 0 saturated heterocycles. The highest BCUT2D eigenvalue weighted by Crippen LogP contribution is 2.11. The molecular weight excluding hydrogens is 294 g/mol. The number of benzene rings is 1. The molecule has 0 bridgehead atoms. The summed E-state index contributed by atoms with van der Waals surface area (Å²) in [7, 11) is -3.66. The maximum Gasteiger partial charge on any atom is 0.240 e. The van der Waals surface area contributed by atoms with Gasteiger partial charge in [0.05, 0.1) is 11.4 Å². The van der Waals surface area contributed by atoms with E-state index in [4.69, 9.17) is 9.47 Å². The zero-order chi connectivity index (χ0) is 15.9. The van der Waals surface area contributed by atoms with Crippen LogP contribution in [-0.2, 0) is 19.5 Å². The van der Waals surface area contributed by atoms with E-state index in [1.807, 2.05) is 0 Å². The van der Waals surface area contributed by atoms with Crippen molar-refractivity contribution in [2.45, 2.75) is 32.0 Å². The fraction of sp³-hybridized carbons (Fsp3) is 0.500. The molecule has 6 nitrogen and oxygen atoms in total. The van der Waals surface area contributed by atoms with Crippen molar-refractivity contribution in [3.05, 3.63) is 29.8 Å². The molecule has 0 unspecified atom stereocenters. The molecule has 1 N–H and O–H groups in total. The molecule has 0 radical (unpaired) electrons. The number of carbonyl (C=O) groups is 1. The Morgan fingerprint density at radius 1 is 1.14 bits per heavy atom. The second-order valence-corrected chi connectivity index (χ2v) is 6.04. The average Bonchev–Trinajstić information content (AvgIpc) is 2.45. The van der Waals surface area contributed by atoms with Gasteiger partial charge in [-0.3, -0.25) is 4.79 Å². The first-order valence-electron chi connectivity index (χ1n) is 6.74. The molecule has 7 heteroatoms. The van der Waals surface area contributed by atoms with Crippen molar-refractivity contribution in [3.63, 3.8) is 0 Å². The first kappa shape index (κ1) is 17.8. The summed E-state index contributed by atoms with van der Waals surface area (Å²) < 4.78 is 37.2. The molecule has 0 aliphatic rings. The predicted octanol–water partition coefficient (Wildman–Crippen LogP) is 1.57. The van der Waals surface area contributed by atoms with Gasteiger partial charge in [0.1, 0.15) is 0 Å². The van der Waals surface area contributed by atoms with Crippen molar-refractivity contribution >= 4 is 15.8 Å². The lowest BCUT2D eigenvalue weighted by Gasteiger charge is -2.17. The molecule has 0 spiro atoms. The topological polar surface area (TPSA) is 81.7 Å². The summed E-state index contributed by atoms with van der Waals surface area (Å²) in [6.07, 6.45) is -0.619. The molecule has 0 amide bonds. The van der Waals surface area contributed by atoms with Crippen LogP contribution in [0.3, 0.4) is 0 Å². The smallest absolute Gasteiger partial charge is 0.240 e. The summed E-state index contributed by atoms with van der Waals surface area (Å²) >= 11 is 0. The molecule has 0 heterocycles. The molecular formula is C14H21NO5S. The van der Waals surface area contributed by atoms with Crippen LogP contribution in [0.5, 0.6) is 0 Å². The van der Waals surface area contributed by atoms with E-state index in [0.29, 0.717) is 18.8 Å². The van der Waals surface area contributed by atoms with E-state index in [2.05, 4.69) is 4.72 Å². The highest BCUT2D eigenvalue weighted by atomic mass is 32.2. The van der Waals surface area contributed by atoms with Crippen molar-refractivity contribution < 1.29 is 22.7 Å². The number of rotatable bonds is 9. The van der Waals surface area contributed by atoms with Crippen LogP contribution in [0.4, 0.5) is 0 Å². The largest absolute Gasteiger partial charge is 0.352 e. The SMILES string of the molecule is CCOC(CNS(=O)(=O)c1ccc(C(C)=O)cc1)OCC. The summed E-state index contributed by atoms with van der Waals surface area (Å²) in [5.41, 5.74) is 0.468. The Labute approximate surface area is 125 Å². The maximum absolute atomic E-state index is 12.1. The molecule has 0 aliphatic heterocycles. The zero-order valence-electron chi connectivity index (χ0n) is 12.5. The lowest BCUT2D eigenvalue weighted by atomic mass is 10.2. The van der Waals surface area contributed by atoms with E-state index in [0.717, 1.165) is 0 Å². The fourth-order valence-electron chi connectivity index (χ4n) is 1.67. The van der Waals surface area contributed by atoms with Crippen LogP contribution in [0.25, 0.3) is 0 Å². The van der Waals surface area contributed by atoms with Gasteiger partial charge in [-0.15, -0.1) is 0 Å². The van der Waals surface area contributed by atoms with Crippen LogP contribution in [0.1, 0.15) is 31.1 Å². The van der Waals surface area contributed by atoms with Gasteiger partial charge in [0, 0.05) is 18.8 Å². The van der Waals surface area contributed by atoms with Crippen LogP contribution in [0.2, 0.25) is 0 Å². The Morgan fingerprint density at radius 3 is 2.10 bits per heavy atom. The molecule has 1 rings (SSSR count). The minimum atomic E-state index is -3.66. The van der Waals surface area contributed by atoms with Gasteiger partial charge in [-0.1, -0.05) is 12.1 Å².